The van der Waals surface area contributed by atoms with Crippen LogP contribution in [-0.2, 0) is 16.2 Å². The van der Waals surface area contributed by atoms with Gasteiger partial charge in [0.2, 0.25) is 0 Å². The third-order valence-corrected chi connectivity index (χ3v) is 6.53. The van der Waals surface area contributed by atoms with Crippen molar-refractivity contribution >= 4 is 30.6 Å². The van der Waals surface area contributed by atoms with Gasteiger partial charge in [-0.25, -0.2) is 22.6 Å². The van der Waals surface area contributed by atoms with E-state index in [0.717, 1.165) is 22.9 Å². The standard InChI is InChI=1S/C21H24F3N3O3Si/c1-29-21(28)19-13-6-5-12(16-14(22)7-8-15(25)18(16)24)17(23)20(13)27(26-19)11-30-9-10-31(2,3)4/h5-8H,9-11,25H2,1-4H3. The first-order valence-corrected chi connectivity index (χ1v) is 13.3. The van der Waals surface area contributed by atoms with Crippen molar-refractivity contribution in [2.45, 2.75) is 32.4 Å². The zero-order valence-corrected chi connectivity index (χ0v) is 18.8. The largest absolute Gasteiger partial charge is 0.464 e. The topological polar surface area (TPSA) is 79.4 Å². The summed E-state index contributed by atoms with van der Waals surface area (Å²) in [6, 6.07) is 5.46. The highest BCUT2D eigenvalue weighted by Gasteiger charge is 2.25. The maximum atomic E-state index is 15.6. The molecule has 2 N–H and O–H groups in total. The quantitative estimate of drug-likeness (QED) is 0.242. The summed E-state index contributed by atoms with van der Waals surface area (Å²) in [5.41, 5.74) is 4.06. The monoisotopic (exact) mass is 451 g/mol. The summed E-state index contributed by atoms with van der Waals surface area (Å²) in [4.78, 5) is 12.1. The van der Waals surface area contributed by atoms with E-state index >= 15 is 4.39 Å². The van der Waals surface area contributed by atoms with Crippen LogP contribution in [-0.4, -0.2) is 37.5 Å². The fourth-order valence-corrected chi connectivity index (χ4v) is 3.87. The molecule has 0 aliphatic rings. The highest BCUT2D eigenvalue weighted by molar-refractivity contribution is 6.76. The van der Waals surface area contributed by atoms with Crippen molar-refractivity contribution in [1.82, 2.24) is 9.78 Å². The number of nitrogens with two attached hydrogens (primary N) is 1. The zero-order chi connectivity index (χ0) is 22.9. The van der Waals surface area contributed by atoms with Gasteiger partial charge in [-0.2, -0.15) is 5.10 Å². The number of nitrogens with zero attached hydrogens (tertiary/aromatic N) is 2. The molecule has 0 amide bonds. The van der Waals surface area contributed by atoms with Crippen LogP contribution in [0.2, 0.25) is 25.7 Å². The molecule has 0 saturated carbocycles. The average molecular weight is 452 g/mol. The number of fused-ring (bicyclic) bond motifs is 1. The summed E-state index contributed by atoms with van der Waals surface area (Å²) in [6.07, 6.45) is 0. The molecule has 0 aliphatic heterocycles. The molecule has 1 aromatic heterocycles. The number of aromatic nitrogens is 2. The van der Waals surface area contributed by atoms with Gasteiger partial charge in [0.25, 0.3) is 0 Å². The molecule has 0 spiro atoms. The normalized spacial score (nSPS) is 11.8. The number of halogens is 3. The highest BCUT2D eigenvalue weighted by atomic mass is 28.3. The molecule has 0 unspecified atom stereocenters. The summed E-state index contributed by atoms with van der Waals surface area (Å²) in [6.45, 7) is 6.87. The Bertz CT molecular complexity index is 1140. The lowest BCUT2D eigenvalue weighted by molar-refractivity contribution is 0.0585. The maximum Gasteiger partial charge on any atom is 0.359 e. The summed E-state index contributed by atoms with van der Waals surface area (Å²) in [5.74, 6) is -3.74. The van der Waals surface area contributed by atoms with Crippen LogP contribution in [0.3, 0.4) is 0 Å². The number of esters is 1. The molecule has 3 aromatic rings. The number of benzene rings is 2. The van der Waals surface area contributed by atoms with Crippen LogP contribution >= 0.6 is 0 Å². The Balaban J connectivity index is 2.12. The number of anilines is 1. The van der Waals surface area contributed by atoms with Gasteiger partial charge >= 0.3 is 5.97 Å². The number of ether oxygens (including phenoxy) is 2. The van der Waals surface area contributed by atoms with E-state index in [1.54, 1.807) is 0 Å². The Kier molecular flexibility index (Phi) is 6.42. The molecular formula is C21H24F3N3O3Si. The lowest BCUT2D eigenvalue weighted by Crippen LogP contribution is -2.22. The molecule has 0 radical (unpaired) electrons. The number of hydrogen-bond acceptors (Lipinski definition) is 5. The summed E-state index contributed by atoms with van der Waals surface area (Å²) in [5, 5.41) is 4.27. The van der Waals surface area contributed by atoms with Crippen LogP contribution in [0.5, 0.6) is 0 Å². The van der Waals surface area contributed by atoms with Gasteiger partial charge in [-0.15, -0.1) is 0 Å². The summed E-state index contributed by atoms with van der Waals surface area (Å²) < 4.78 is 56.0. The van der Waals surface area contributed by atoms with Gasteiger partial charge in [0.05, 0.1) is 18.4 Å². The Morgan fingerprint density at radius 1 is 1.13 bits per heavy atom. The van der Waals surface area contributed by atoms with E-state index in [4.69, 9.17) is 15.2 Å². The summed E-state index contributed by atoms with van der Waals surface area (Å²) in [7, 11) is -0.167. The lowest BCUT2D eigenvalue weighted by atomic mass is 10.0. The van der Waals surface area contributed by atoms with E-state index in [2.05, 4.69) is 24.7 Å². The van der Waals surface area contributed by atoms with Crippen molar-refractivity contribution in [3.8, 4) is 11.1 Å². The van der Waals surface area contributed by atoms with Gasteiger partial charge in [0, 0.05) is 25.6 Å². The molecule has 2 aromatic carbocycles. The third-order valence-electron chi connectivity index (χ3n) is 4.83. The van der Waals surface area contributed by atoms with Gasteiger partial charge < -0.3 is 15.2 Å². The minimum Gasteiger partial charge on any atom is -0.464 e. The highest BCUT2D eigenvalue weighted by Crippen LogP contribution is 2.35. The van der Waals surface area contributed by atoms with Crippen LogP contribution in [0.15, 0.2) is 24.3 Å². The lowest BCUT2D eigenvalue weighted by Gasteiger charge is -2.15. The van der Waals surface area contributed by atoms with Gasteiger partial charge in [-0.1, -0.05) is 25.7 Å². The van der Waals surface area contributed by atoms with E-state index in [1.165, 1.54) is 19.2 Å². The number of nitrogen functional groups attached to an aromatic ring is 1. The first kappa shape index (κ1) is 22.8. The number of hydrogen-bond donors (Lipinski definition) is 1. The second-order valence-electron chi connectivity index (χ2n) is 8.34. The van der Waals surface area contributed by atoms with Crippen LogP contribution in [0.25, 0.3) is 22.0 Å². The number of rotatable bonds is 7. The van der Waals surface area contributed by atoms with Crippen molar-refractivity contribution in [2.24, 2.45) is 0 Å². The fraction of sp³-hybridized carbons (Fsp3) is 0.333. The second kappa shape index (κ2) is 8.72. The number of carbonyl (C=O) groups is 1. The van der Waals surface area contributed by atoms with Crippen LogP contribution in [0.4, 0.5) is 18.9 Å². The molecule has 0 saturated heterocycles. The smallest absolute Gasteiger partial charge is 0.359 e. The van der Waals surface area contributed by atoms with Gasteiger partial charge in [0.1, 0.15) is 18.1 Å². The molecule has 6 nitrogen and oxygen atoms in total. The minimum absolute atomic E-state index is 0.118. The summed E-state index contributed by atoms with van der Waals surface area (Å²) >= 11 is 0. The van der Waals surface area contributed by atoms with E-state index in [9.17, 15) is 13.6 Å². The molecule has 0 bridgehead atoms. The van der Waals surface area contributed by atoms with Crippen LogP contribution < -0.4 is 5.73 Å². The zero-order valence-electron chi connectivity index (χ0n) is 17.8. The van der Waals surface area contributed by atoms with E-state index in [1.807, 2.05) is 0 Å². The first-order chi connectivity index (χ1) is 14.5. The van der Waals surface area contributed by atoms with Crippen molar-refractivity contribution in [1.29, 1.82) is 0 Å². The molecule has 0 atom stereocenters. The molecule has 3 rings (SSSR count). The molecule has 10 heteroatoms. The Hall–Kier alpha value is -2.85. The van der Waals surface area contributed by atoms with Gasteiger partial charge in [0.15, 0.2) is 17.3 Å². The van der Waals surface area contributed by atoms with Crippen molar-refractivity contribution in [3.63, 3.8) is 0 Å². The third kappa shape index (κ3) is 4.59. The van der Waals surface area contributed by atoms with E-state index in [-0.39, 0.29) is 34.6 Å². The van der Waals surface area contributed by atoms with Crippen molar-refractivity contribution < 1.29 is 27.4 Å². The average Bonchev–Trinajstić information content (AvgIpc) is 3.08. The molecule has 31 heavy (non-hydrogen) atoms. The molecule has 1 heterocycles. The van der Waals surface area contributed by atoms with Gasteiger partial charge in [-0.3, -0.25) is 0 Å². The van der Waals surface area contributed by atoms with Gasteiger partial charge in [-0.05, 0) is 24.2 Å². The van der Waals surface area contributed by atoms with E-state index < -0.39 is 37.1 Å². The van der Waals surface area contributed by atoms with Crippen LogP contribution in [0.1, 0.15) is 10.5 Å². The van der Waals surface area contributed by atoms with Crippen LogP contribution in [0, 0.1) is 17.5 Å². The molecule has 0 fully saturated rings. The molecule has 166 valence electrons. The number of methoxy groups -OCH3 is 1. The number of carbonyl (C=O) groups excluding carboxylic acids is 1. The molecular weight excluding hydrogens is 427 g/mol. The Labute approximate surface area is 178 Å². The maximum absolute atomic E-state index is 15.6. The minimum atomic E-state index is -1.35. The first-order valence-electron chi connectivity index (χ1n) is 9.64. The van der Waals surface area contributed by atoms with Crippen molar-refractivity contribution in [2.75, 3.05) is 19.5 Å². The predicted molar refractivity (Wildman–Crippen MR) is 115 cm³/mol. The van der Waals surface area contributed by atoms with Crippen molar-refractivity contribution in [3.05, 3.63) is 47.4 Å². The SMILES string of the molecule is COC(=O)c1nn(COCC[Si](C)(C)C)c2c(F)c(-c3c(F)ccc(N)c3F)ccc12. The molecule has 0 aliphatic carbocycles. The second-order valence-corrected chi connectivity index (χ2v) is 14.0. The fourth-order valence-electron chi connectivity index (χ4n) is 3.11. The van der Waals surface area contributed by atoms with E-state index in [0.29, 0.717) is 6.61 Å². The Morgan fingerprint density at radius 3 is 2.48 bits per heavy atom. The Morgan fingerprint density at radius 2 is 1.84 bits per heavy atom. The predicted octanol–water partition coefficient (Wildman–Crippen LogP) is 4.80.